The predicted molar refractivity (Wildman–Crippen MR) is 204 cm³/mol. The molecule has 0 aromatic heterocycles. The molecule has 0 rings (SSSR count). The molecule has 0 radical (unpaired) electrons. The van der Waals surface area contributed by atoms with Gasteiger partial charge >= 0.3 is 5.97 Å². The van der Waals surface area contributed by atoms with E-state index in [1.807, 2.05) is 0 Å². The number of hydrogen-bond acceptors (Lipinski definition) is 17. The van der Waals surface area contributed by atoms with Gasteiger partial charge < -0.3 is 83.6 Å². The molecule has 3 atom stereocenters. The molecule has 0 spiro atoms. The molecule has 0 bridgehead atoms. The molecule has 0 fully saturated rings. The van der Waals surface area contributed by atoms with Gasteiger partial charge in [0, 0.05) is 13.5 Å². The van der Waals surface area contributed by atoms with E-state index in [0.717, 1.165) is 0 Å². The van der Waals surface area contributed by atoms with Crippen LogP contribution in [0.4, 0.5) is 0 Å². The summed E-state index contributed by atoms with van der Waals surface area (Å²) >= 11 is 0. The summed E-state index contributed by atoms with van der Waals surface area (Å²) < 4.78 is 72.4. The highest BCUT2D eigenvalue weighted by Gasteiger charge is 2.26. The fourth-order valence-electron chi connectivity index (χ4n) is 4.04. The van der Waals surface area contributed by atoms with Gasteiger partial charge in [-0.3, -0.25) is 19.2 Å². The average Bonchev–Trinajstić information content (AvgIpc) is 3.20. The number of carbonyl (C=O) groups excluding carboxylic acids is 4. The molecule has 58 heavy (non-hydrogen) atoms. The van der Waals surface area contributed by atoms with Crippen molar-refractivity contribution in [2.75, 3.05) is 159 Å². The summed E-state index contributed by atoms with van der Waals surface area (Å²) in [4.78, 5) is 59.2. The zero-order chi connectivity index (χ0) is 43.8. The molecule has 0 aliphatic heterocycles. The molecule has 0 aliphatic carbocycles. The van der Waals surface area contributed by atoms with Crippen LogP contribution in [0, 0.1) is 0 Å². The maximum absolute atomic E-state index is 12.4. The lowest BCUT2D eigenvalue weighted by molar-refractivity contribution is -0.143. The second-order valence-electron chi connectivity index (χ2n) is 12.0. The second kappa shape index (κ2) is 40.6. The summed E-state index contributed by atoms with van der Waals surface area (Å²) in [7, 11) is 1.63. The van der Waals surface area contributed by atoms with Crippen LogP contribution in [0.5, 0.6) is 0 Å². The van der Waals surface area contributed by atoms with E-state index in [1.165, 1.54) is 13.8 Å². The minimum atomic E-state index is -1.57. The number of ether oxygens (including phenoxy) is 12. The Morgan fingerprint density at radius 2 is 0.793 bits per heavy atom. The number of rotatable bonds is 44. The normalized spacial score (nSPS) is 13.1. The molecule has 0 heterocycles. The Labute approximate surface area is 342 Å². The minimum Gasteiger partial charge on any atom is -0.480 e. The van der Waals surface area contributed by atoms with E-state index in [9.17, 15) is 24.0 Å². The van der Waals surface area contributed by atoms with Gasteiger partial charge in [-0.2, -0.15) is 0 Å². The number of nitrogens with one attached hydrogen (secondary N) is 3. The van der Waals surface area contributed by atoms with Crippen LogP contribution < -0.4 is 21.7 Å². The molecule has 22 nitrogen and oxygen atoms in total. The lowest BCUT2D eigenvalue weighted by Crippen LogP contribution is -2.54. The topological polar surface area (TPSA) is 278 Å². The molecular weight excluding hydrogens is 776 g/mol. The van der Waals surface area contributed by atoms with Crippen LogP contribution in [0.1, 0.15) is 26.7 Å². The van der Waals surface area contributed by atoms with E-state index in [1.54, 1.807) is 7.11 Å². The fourth-order valence-corrected chi connectivity index (χ4v) is 4.04. The van der Waals surface area contributed by atoms with Crippen LogP contribution in [0.15, 0.2) is 0 Å². The zero-order valence-electron chi connectivity index (χ0n) is 35.3. The van der Waals surface area contributed by atoms with E-state index in [4.69, 9.17) is 69.1 Å². The summed E-state index contributed by atoms with van der Waals surface area (Å²) in [5, 5.41) is 14.0. The maximum Gasteiger partial charge on any atom is 0.326 e. The number of hydrogen-bond donors (Lipinski definition) is 5. The molecule has 0 aromatic carbocycles. The Bertz CT molecular complexity index is 1080. The molecule has 6 N–H and O–H groups in total. The molecule has 0 aliphatic rings. The first-order chi connectivity index (χ1) is 28.5. The smallest absolute Gasteiger partial charge is 0.326 e. The maximum atomic E-state index is 12.4. The lowest BCUT2D eigenvalue weighted by Gasteiger charge is -2.20. The van der Waals surface area contributed by atoms with Gasteiger partial charge in [-0.25, -0.2) is 4.79 Å². The number of carboxylic acids is 1. The molecule has 340 valence electrons. The molecule has 4 amide bonds. The van der Waals surface area contributed by atoms with E-state index < -0.39 is 54.1 Å². The monoisotopic (exact) mass is 845 g/mol. The van der Waals surface area contributed by atoms with Crippen molar-refractivity contribution in [3.8, 4) is 0 Å². The molecule has 0 saturated heterocycles. The zero-order valence-corrected chi connectivity index (χ0v) is 34.3. The van der Waals surface area contributed by atoms with Crippen molar-refractivity contribution in [2.45, 2.75) is 44.8 Å². The summed E-state index contributed by atoms with van der Waals surface area (Å²) in [6, 6.07) is -4.05. The highest BCUT2D eigenvalue weighted by Crippen LogP contribution is 1.96. The van der Waals surface area contributed by atoms with Crippen molar-refractivity contribution in [1.29, 1.82) is 0 Å². The lowest BCUT2D eigenvalue weighted by atomic mass is 10.1. The second-order valence-corrected chi connectivity index (χ2v) is 12.0. The van der Waals surface area contributed by atoms with Gasteiger partial charge in [0.2, 0.25) is 23.6 Å². The summed E-state index contributed by atoms with van der Waals surface area (Å²) in [5.41, 5.74) is 4.99. The van der Waals surface area contributed by atoms with E-state index >= 15 is 0 Å². The van der Waals surface area contributed by atoms with E-state index in [0.29, 0.717) is 137 Å². The molecule has 0 unspecified atom stereocenters. The van der Waals surface area contributed by atoms with Gasteiger partial charge in [0.1, 0.15) is 18.1 Å². The summed E-state index contributed by atoms with van der Waals surface area (Å²) in [5.74, 6) is -4.81. The van der Waals surface area contributed by atoms with Crippen molar-refractivity contribution >= 4 is 29.6 Å². The largest absolute Gasteiger partial charge is 0.480 e. The molecule has 0 saturated carbocycles. The van der Waals surface area contributed by atoms with Crippen molar-refractivity contribution < 1.29 is 87.3 Å². The minimum absolute atomic E-state index is 0.0124. The first-order valence-electron chi connectivity index (χ1n) is 19.7. The molecular formula is C36H68N4O18. The van der Waals surface area contributed by atoms with Crippen LogP contribution in [0.3, 0.4) is 0 Å². The van der Waals surface area contributed by atoms with Crippen LogP contribution >= 0.6 is 0 Å². The fraction of sp³-hybridized carbons (Fsp3) is 0.861. The number of carboxylic acid groups (broad SMARTS) is 1. The SMILES string of the molecule is [2H]N(C(=O)CCOCCOCCOCCOCCOCCOCCOCCOCCOCCOCCOCCOC)[C@@H](C)C(=O)N[C@@H](C)C(=O)N[C@@H](CC(N)=O)C(=O)O. The number of nitrogens with two attached hydrogens (primary N) is 1. The van der Waals surface area contributed by atoms with Crippen LogP contribution in [-0.4, -0.2) is 212 Å². The third-order valence-corrected chi connectivity index (χ3v) is 7.10. The van der Waals surface area contributed by atoms with Crippen LogP contribution in [-0.2, 0) is 80.8 Å². The van der Waals surface area contributed by atoms with E-state index in [-0.39, 0.29) is 26.2 Å². The van der Waals surface area contributed by atoms with Crippen LogP contribution in [0.2, 0.25) is 1.41 Å². The highest BCUT2D eigenvalue weighted by molar-refractivity contribution is 5.94. The Morgan fingerprint density at radius 1 is 0.500 bits per heavy atom. The third-order valence-electron chi connectivity index (χ3n) is 7.10. The standard InChI is InChI=1S/C36H68N4O18/c1-29(34(43)39-30(2)35(44)40-31(36(45)46)28-32(37)41)38-33(42)4-5-48-8-9-50-12-13-52-16-17-54-20-21-56-24-25-58-27-26-57-23-22-55-19-18-53-15-14-51-11-10-49-7-6-47-3/h29-31H,4-28H2,1-3H3,(H2,37,41)(H,38,42)(H,39,43)(H,40,44)(H,45,46)/t29-,30-,31-/m0/s1/i/hD. The Balaban J connectivity index is 3.51. The van der Waals surface area contributed by atoms with Crippen molar-refractivity contribution in [3.05, 3.63) is 0 Å². The Kier molecular flexibility index (Phi) is 37.1. The predicted octanol–water partition coefficient (Wildman–Crippen LogP) is -2.34. The van der Waals surface area contributed by atoms with Gasteiger partial charge in [0.15, 0.2) is 1.41 Å². The number of methoxy groups -OCH3 is 1. The average molecular weight is 846 g/mol. The number of amides is 4. The highest BCUT2D eigenvalue weighted by atomic mass is 16.6. The summed E-state index contributed by atoms with van der Waals surface area (Å²) in [6.45, 7) is 12.3. The Hall–Kier alpha value is -3.13. The molecule has 0 aromatic rings. The van der Waals surface area contributed by atoms with Gasteiger partial charge in [-0.1, -0.05) is 0 Å². The van der Waals surface area contributed by atoms with Crippen LogP contribution in [0.25, 0.3) is 0 Å². The number of aliphatic carboxylic acids is 1. The van der Waals surface area contributed by atoms with Gasteiger partial charge in [0.25, 0.3) is 0 Å². The van der Waals surface area contributed by atoms with E-state index in [2.05, 4.69) is 10.6 Å². The van der Waals surface area contributed by atoms with Gasteiger partial charge in [0.05, 0.1) is 158 Å². The third kappa shape index (κ3) is 37.2. The quantitative estimate of drug-likeness (QED) is 0.0402. The summed E-state index contributed by atoms with van der Waals surface area (Å²) in [6.07, 6.45) is -0.811. The van der Waals surface area contributed by atoms with Crippen molar-refractivity contribution in [2.24, 2.45) is 5.73 Å². The Morgan fingerprint density at radius 3 is 1.09 bits per heavy atom. The van der Waals surface area contributed by atoms with Crippen molar-refractivity contribution in [1.82, 2.24) is 15.9 Å². The molecule has 22 heteroatoms. The van der Waals surface area contributed by atoms with Gasteiger partial charge in [-0.15, -0.1) is 0 Å². The first-order valence-corrected chi connectivity index (χ1v) is 19.3. The number of carbonyl (C=O) groups is 5. The first kappa shape index (κ1) is 52.9. The van der Waals surface area contributed by atoms with Crippen molar-refractivity contribution in [3.63, 3.8) is 0 Å². The number of primary amides is 1. The van der Waals surface area contributed by atoms with Gasteiger partial charge in [-0.05, 0) is 13.8 Å².